The number of rotatable bonds is 8. The molecule has 0 bridgehead atoms. The van der Waals surface area contributed by atoms with Gasteiger partial charge in [-0.05, 0) is 25.0 Å². The molecule has 1 rings (SSSR count). The first-order valence-corrected chi connectivity index (χ1v) is 6.34. The molecule has 0 atom stereocenters. The minimum absolute atomic E-state index is 0.103. The van der Waals surface area contributed by atoms with Crippen molar-refractivity contribution >= 4 is 5.78 Å². The standard InChI is InChI=1S/C14H22O3/c1-4-6-11(7-5-2)14(15)13-9-8-12(17-13)10-16-3/h8-9,11H,4-7,10H2,1-3H3. The quantitative estimate of drug-likeness (QED) is 0.646. The third-order valence-corrected chi connectivity index (χ3v) is 2.84. The third kappa shape index (κ3) is 4.00. The molecular formula is C14H22O3. The van der Waals surface area contributed by atoms with Crippen molar-refractivity contribution in [1.29, 1.82) is 0 Å². The number of hydrogen-bond donors (Lipinski definition) is 0. The van der Waals surface area contributed by atoms with Gasteiger partial charge in [0, 0.05) is 13.0 Å². The van der Waals surface area contributed by atoms with Crippen molar-refractivity contribution < 1.29 is 13.9 Å². The van der Waals surface area contributed by atoms with Crippen LogP contribution in [-0.4, -0.2) is 12.9 Å². The second-order valence-electron chi connectivity index (χ2n) is 4.34. The largest absolute Gasteiger partial charge is 0.456 e. The Morgan fingerprint density at radius 1 is 1.29 bits per heavy atom. The molecule has 0 saturated heterocycles. The van der Waals surface area contributed by atoms with Crippen molar-refractivity contribution in [3.05, 3.63) is 23.7 Å². The summed E-state index contributed by atoms with van der Waals surface area (Å²) in [7, 11) is 1.61. The zero-order valence-electron chi connectivity index (χ0n) is 11.0. The molecule has 1 aromatic heterocycles. The highest BCUT2D eigenvalue weighted by molar-refractivity contribution is 5.95. The molecule has 0 amide bonds. The average molecular weight is 238 g/mol. The summed E-state index contributed by atoms with van der Waals surface area (Å²) in [5.41, 5.74) is 0. The van der Waals surface area contributed by atoms with Crippen LogP contribution in [0, 0.1) is 5.92 Å². The first-order chi connectivity index (χ1) is 8.22. The molecule has 0 N–H and O–H groups in total. The Morgan fingerprint density at radius 3 is 2.47 bits per heavy atom. The zero-order chi connectivity index (χ0) is 12.7. The van der Waals surface area contributed by atoms with Crippen LogP contribution in [0.1, 0.15) is 55.8 Å². The molecule has 0 aliphatic carbocycles. The van der Waals surface area contributed by atoms with Gasteiger partial charge >= 0.3 is 0 Å². The summed E-state index contributed by atoms with van der Waals surface area (Å²) in [6.45, 7) is 4.63. The van der Waals surface area contributed by atoms with Crippen LogP contribution in [0.25, 0.3) is 0 Å². The molecular weight excluding hydrogens is 216 g/mol. The van der Waals surface area contributed by atoms with E-state index in [1.807, 2.05) is 6.07 Å². The van der Waals surface area contributed by atoms with Gasteiger partial charge in [-0.15, -0.1) is 0 Å². The van der Waals surface area contributed by atoms with Gasteiger partial charge in [0.25, 0.3) is 0 Å². The van der Waals surface area contributed by atoms with E-state index < -0.39 is 0 Å². The molecule has 1 aromatic rings. The maximum absolute atomic E-state index is 12.2. The number of Topliss-reactive ketones (excluding diaryl/α,β-unsaturated/α-hetero) is 1. The fourth-order valence-electron chi connectivity index (χ4n) is 2.03. The van der Waals surface area contributed by atoms with E-state index >= 15 is 0 Å². The van der Waals surface area contributed by atoms with Gasteiger partial charge in [0.1, 0.15) is 12.4 Å². The van der Waals surface area contributed by atoms with E-state index in [4.69, 9.17) is 9.15 Å². The lowest BCUT2D eigenvalue weighted by molar-refractivity contribution is 0.0867. The summed E-state index contributed by atoms with van der Waals surface area (Å²) >= 11 is 0. The summed E-state index contributed by atoms with van der Waals surface area (Å²) < 4.78 is 10.5. The van der Waals surface area contributed by atoms with Gasteiger partial charge in [0.2, 0.25) is 5.78 Å². The maximum atomic E-state index is 12.2. The van der Waals surface area contributed by atoms with E-state index in [-0.39, 0.29) is 11.7 Å². The number of ether oxygens (including phenoxy) is 1. The second kappa shape index (κ2) is 7.28. The lowest BCUT2D eigenvalue weighted by Crippen LogP contribution is -2.13. The summed E-state index contributed by atoms with van der Waals surface area (Å²) in [6, 6.07) is 3.57. The number of carbonyl (C=O) groups excluding carboxylic acids is 1. The number of ketones is 1. The van der Waals surface area contributed by atoms with Gasteiger partial charge in [-0.3, -0.25) is 4.79 Å². The monoisotopic (exact) mass is 238 g/mol. The molecule has 96 valence electrons. The minimum Gasteiger partial charge on any atom is -0.456 e. The van der Waals surface area contributed by atoms with Gasteiger partial charge in [0.05, 0.1) is 0 Å². The summed E-state index contributed by atoms with van der Waals surface area (Å²) in [5, 5.41) is 0. The molecule has 0 aliphatic rings. The topological polar surface area (TPSA) is 39.4 Å². The fourth-order valence-corrected chi connectivity index (χ4v) is 2.03. The van der Waals surface area contributed by atoms with E-state index in [1.165, 1.54) is 0 Å². The summed E-state index contributed by atoms with van der Waals surface area (Å²) in [6.07, 6.45) is 3.93. The van der Waals surface area contributed by atoms with E-state index in [1.54, 1.807) is 13.2 Å². The maximum Gasteiger partial charge on any atom is 0.201 e. The molecule has 1 heterocycles. The molecule has 0 fully saturated rings. The van der Waals surface area contributed by atoms with Crippen molar-refractivity contribution in [3.8, 4) is 0 Å². The van der Waals surface area contributed by atoms with E-state index in [2.05, 4.69) is 13.8 Å². The normalized spacial score (nSPS) is 11.1. The summed E-state index contributed by atoms with van der Waals surface area (Å²) in [5.74, 6) is 1.43. The smallest absolute Gasteiger partial charge is 0.201 e. The van der Waals surface area contributed by atoms with Gasteiger partial charge in [-0.1, -0.05) is 26.7 Å². The first kappa shape index (κ1) is 14.0. The van der Waals surface area contributed by atoms with E-state index in [9.17, 15) is 4.79 Å². The van der Waals surface area contributed by atoms with Gasteiger partial charge in [-0.2, -0.15) is 0 Å². The molecule has 0 unspecified atom stereocenters. The molecule has 0 radical (unpaired) electrons. The van der Waals surface area contributed by atoms with Crippen molar-refractivity contribution in [1.82, 2.24) is 0 Å². The molecule has 3 nitrogen and oxygen atoms in total. The van der Waals surface area contributed by atoms with Gasteiger partial charge < -0.3 is 9.15 Å². The molecule has 0 saturated carbocycles. The fraction of sp³-hybridized carbons (Fsp3) is 0.643. The van der Waals surface area contributed by atoms with Crippen LogP contribution in [0.4, 0.5) is 0 Å². The second-order valence-corrected chi connectivity index (χ2v) is 4.34. The van der Waals surface area contributed by atoms with Crippen molar-refractivity contribution in [3.63, 3.8) is 0 Å². The minimum atomic E-state index is 0.103. The predicted molar refractivity (Wildman–Crippen MR) is 67.1 cm³/mol. The molecule has 17 heavy (non-hydrogen) atoms. The molecule has 0 aliphatic heterocycles. The van der Waals surface area contributed by atoms with Crippen molar-refractivity contribution in [2.75, 3.05) is 7.11 Å². The van der Waals surface area contributed by atoms with Crippen LogP contribution in [0.3, 0.4) is 0 Å². The lowest BCUT2D eigenvalue weighted by Gasteiger charge is -2.11. The Bertz CT molecular complexity index is 335. The van der Waals surface area contributed by atoms with Crippen molar-refractivity contribution in [2.45, 2.75) is 46.1 Å². The Hall–Kier alpha value is -1.09. The third-order valence-electron chi connectivity index (χ3n) is 2.84. The van der Waals surface area contributed by atoms with E-state index in [0.717, 1.165) is 25.7 Å². The summed E-state index contributed by atoms with van der Waals surface area (Å²) in [4.78, 5) is 12.2. The highest BCUT2D eigenvalue weighted by Gasteiger charge is 2.21. The van der Waals surface area contributed by atoms with Crippen LogP contribution in [-0.2, 0) is 11.3 Å². The van der Waals surface area contributed by atoms with Crippen LogP contribution in [0.15, 0.2) is 16.5 Å². The van der Waals surface area contributed by atoms with Crippen LogP contribution in [0.2, 0.25) is 0 Å². The number of furan rings is 1. The Kier molecular flexibility index (Phi) is 5.98. The van der Waals surface area contributed by atoms with Gasteiger partial charge in [0.15, 0.2) is 5.76 Å². The SMILES string of the molecule is CCCC(CCC)C(=O)c1ccc(COC)o1. The number of hydrogen-bond acceptors (Lipinski definition) is 3. The van der Waals surface area contributed by atoms with Crippen LogP contribution in [0.5, 0.6) is 0 Å². The molecule has 0 spiro atoms. The average Bonchev–Trinajstić information content (AvgIpc) is 2.77. The number of methoxy groups -OCH3 is 1. The predicted octanol–water partition coefficient (Wildman–Crippen LogP) is 3.83. The highest BCUT2D eigenvalue weighted by Crippen LogP contribution is 2.21. The lowest BCUT2D eigenvalue weighted by atomic mass is 9.92. The van der Waals surface area contributed by atoms with E-state index in [0.29, 0.717) is 18.1 Å². The first-order valence-electron chi connectivity index (χ1n) is 6.34. The Labute approximate surface area is 103 Å². The Morgan fingerprint density at radius 2 is 1.94 bits per heavy atom. The van der Waals surface area contributed by atoms with Gasteiger partial charge in [-0.25, -0.2) is 0 Å². The van der Waals surface area contributed by atoms with Crippen molar-refractivity contribution in [2.24, 2.45) is 5.92 Å². The molecule has 0 aromatic carbocycles. The highest BCUT2D eigenvalue weighted by atomic mass is 16.5. The Balaban J connectivity index is 2.70. The van der Waals surface area contributed by atoms with Crippen LogP contribution >= 0.6 is 0 Å². The zero-order valence-corrected chi connectivity index (χ0v) is 11.0. The molecule has 3 heteroatoms. The number of carbonyl (C=O) groups is 1. The van der Waals surface area contributed by atoms with Crippen LogP contribution < -0.4 is 0 Å².